The Bertz CT molecular complexity index is 700. The fourth-order valence-corrected chi connectivity index (χ4v) is 2.59. The molecule has 0 unspecified atom stereocenters. The summed E-state index contributed by atoms with van der Waals surface area (Å²) >= 11 is 0. The maximum Gasteiger partial charge on any atom is 0.523 e. The van der Waals surface area contributed by atoms with Crippen molar-refractivity contribution in [1.29, 1.82) is 0 Å². The molecule has 0 aromatic carbocycles. The van der Waals surface area contributed by atoms with Crippen molar-refractivity contribution in [2.75, 3.05) is 13.6 Å². The van der Waals surface area contributed by atoms with E-state index < -0.39 is 51.3 Å². The van der Waals surface area contributed by atoms with Gasteiger partial charge in [0.25, 0.3) is 5.91 Å². The van der Waals surface area contributed by atoms with E-state index in [1.54, 1.807) is 20.8 Å². The van der Waals surface area contributed by atoms with Gasteiger partial charge < -0.3 is 9.64 Å². The van der Waals surface area contributed by atoms with E-state index in [4.69, 9.17) is 4.74 Å². The number of imide groups is 1. The SMILES string of the molecule is C[C@@H](OS(=O)(=O)C(F)(F)F)C(=O)N1C(=O)N(C)C[C@H]1C(=O)OC(C)(C)C. The van der Waals surface area contributed by atoms with E-state index in [2.05, 4.69) is 4.18 Å². The zero-order valence-corrected chi connectivity index (χ0v) is 15.5. The predicted octanol–water partition coefficient (Wildman–Crippen LogP) is 0.845. The van der Waals surface area contributed by atoms with Crippen LogP contribution in [0.1, 0.15) is 27.7 Å². The number of ether oxygens (including phenoxy) is 1. The highest BCUT2D eigenvalue weighted by Gasteiger charge is 2.51. The number of rotatable bonds is 4. The number of amides is 3. The molecule has 26 heavy (non-hydrogen) atoms. The van der Waals surface area contributed by atoms with Gasteiger partial charge in [-0.3, -0.25) is 8.98 Å². The van der Waals surface area contributed by atoms with Crippen LogP contribution in [0.3, 0.4) is 0 Å². The Hall–Kier alpha value is -1.89. The molecule has 1 rings (SSSR count). The molecule has 0 aromatic rings. The maximum atomic E-state index is 12.4. The second-order valence-corrected chi connectivity index (χ2v) is 8.12. The molecule has 13 heteroatoms. The smallest absolute Gasteiger partial charge is 0.458 e. The summed E-state index contributed by atoms with van der Waals surface area (Å²) in [6, 6.07) is -2.44. The molecular weight excluding hydrogens is 385 g/mol. The summed E-state index contributed by atoms with van der Waals surface area (Å²) in [6.07, 6.45) is -2.18. The zero-order chi connectivity index (χ0) is 20.7. The molecule has 0 saturated carbocycles. The normalized spacial score (nSPS) is 20.3. The Morgan fingerprint density at radius 2 is 1.73 bits per heavy atom. The van der Waals surface area contributed by atoms with Crippen molar-refractivity contribution in [3.8, 4) is 0 Å². The Morgan fingerprint density at radius 3 is 2.15 bits per heavy atom. The Kier molecular flexibility index (Phi) is 5.98. The van der Waals surface area contributed by atoms with E-state index >= 15 is 0 Å². The Labute approximate surface area is 148 Å². The van der Waals surface area contributed by atoms with E-state index in [1.165, 1.54) is 7.05 Å². The summed E-state index contributed by atoms with van der Waals surface area (Å²) < 4.78 is 68.1. The van der Waals surface area contributed by atoms with Crippen LogP contribution in [-0.4, -0.2) is 73.0 Å². The van der Waals surface area contributed by atoms with Gasteiger partial charge in [-0.1, -0.05) is 0 Å². The fraction of sp³-hybridized carbons (Fsp3) is 0.769. The number of esters is 1. The molecule has 0 spiro atoms. The van der Waals surface area contributed by atoms with Crippen LogP contribution in [0.2, 0.25) is 0 Å². The average Bonchev–Trinajstić information content (AvgIpc) is 2.70. The first kappa shape index (κ1) is 22.2. The minimum absolute atomic E-state index is 0.266. The number of carbonyl (C=O) groups is 3. The van der Waals surface area contributed by atoms with Crippen LogP contribution in [0, 0.1) is 0 Å². The summed E-state index contributed by atoms with van der Waals surface area (Å²) in [5, 5.41) is 0. The molecule has 1 saturated heterocycles. The summed E-state index contributed by atoms with van der Waals surface area (Å²) in [6.45, 7) is 5.08. The highest BCUT2D eigenvalue weighted by molar-refractivity contribution is 7.87. The van der Waals surface area contributed by atoms with Crippen molar-refractivity contribution < 1.29 is 44.9 Å². The summed E-state index contributed by atoms with van der Waals surface area (Å²) in [7, 11) is -4.80. The topological polar surface area (TPSA) is 110 Å². The largest absolute Gasteiger partial charge is 0.523 e. The molecule has 150 valence electrons. The lowest BCUT2D eigenvalue weighted by molar-refractivity contribution is -0.162. The average molecular weight is 404 g/mol. The van der Waals surface area contributed by atoms with Gasteiger partial charge in [0.15, 0.2) is 12.1 Å². The molecule has 3 amide bonds. The number of urea groups is 1. The summed E-state index contributed by atoms with van der Waals surface area (Å²) in [4.78, 5) is 37.9. The summed E-state index contributed by atoms with van der Waals surface area (Å²) in [5.74, 6) is -2.38. The van der Waals surface area contributed by atoms with E-state index in [9.17, 15) is 36.0 Å². The lowest BCUT2D eigenvalue weighted by atomic mass is 10.2. The number of likely N-dealkylation sites (N-methyl/N-ethyl adjacent to an activating group) is 1. The molecule has 0 bridgehead atoms. The molecule has 1 heterocycles. The summed E-state index contributed by atoms with van der Waals surface area (Å²) in [5.41, 5.74) is -6.68. The third-order valence-corrected chi connectivity index (χ3v) is 4.22. The van der Waals surface area contributed by atoms with Gasteiger partial charge in [-0.25, -0.2) is 14.5 Å². The molecule has 1 aliphatic rings. The van der Waals surface area contributed by atoms with E-state index in [0.717, 1.165) is 11.8 Å². The van der Waals surface area contributed by atoms with Crippen molar-refractivity contribution >= 4 is 28.0 Å². The second kappa shape index (κ2) is 7.02. The van der Waals surface area contributed by atoms with Crippen LogP contribution in [0.4, 0.5) is 18.0 Å². The highest BCUT2D eigenvalue weighted by Crippen LogP contribution is 2.27. The number of carbonyl (C=O) groups excluding carboxylic acids is 3. The van der Waals surface area contributed by atoms with Gasteiger partial charge >= 0.3 is 27.6 Å². The molecule has 0 radical (unpaired) electrons. The predicted molar refractivity (Wildman–Crippen MR) is 80.0 cm³/mol. The van der Waals surface area contributed by atoms with Crippen LogP contribution in [0.25, 0.3) is 0 Å². The van der Waals surface area contributed by atoms with Crippen LogP contribution in [-0.2, 0) is 28.6 Å². The Morgan fingerprint density at radius 1 is 1.23 bits per heavy atom. The molecule has 0 N–H and O–H groups in total. The minimum Gasteiger partial charge on any atom is -0.458 e. The van der Waals surface area contributed by atoms with Crippen molar-refractivity contribution in [3.05, 3.63) is 0 Å². The number of halogens is 3. The lowest BCUT2D eigenvalue weighted by Gasteiger charge is -2.26. The van der Waals surface area contributed by atoms with Crippen molar-refractivity contribution in [2.45, 2.75) is 51.0 Å². The second-order valence-electron chi connectivity index (χ2n) is 6.56. The van der Waals surface area contributed by atoms with Gasteiger partial charge in [0.2, 0.25) is 0 Å². The Balaban J connectivity index is 3.06. The minimum atomic E-state index is -6.06. The number of nitrogens with zero attached hydrogens (tertiary/aromatic N) is 2. The van der Waals surface area contributed by atoms with Gasteiger partial charge in [0, 0.05) is 7.05 Å². The molecule has 1 fully saturated rings. The van der Waals surface area contributed by atoms with Gasteiger partial charge in [-0.2, -0.15) is 21.6 Å². The van der Waals surface area contributed by atoms with E-state index in [-0.39, 0.29) is 6.54 Å². The molecular formula is C13H19F3N2O7S. The molecule has 0 aromatic heterocycles. The third-order valence-electron chi connectivity index (χ3n) is 3.11. The van der Waals surface area contributed by atoms with E-state index in [0.29, 0.717) is 4.90 Å². The molecule has 0 aliphatic carbocycles. The molecule has 1 aliphatic heterocycles. The van der Waals surface area contributed by atoms with Gasteiger partial charge in [0.05, 0.1) is 6.54 Å². The monoisotopic (exact) mass is 404 g/mol. The van der Waals surface area contributed by atoms with Crippen LogP contribution >= 0.6 is 0 Å². The number of hydrogen-bond donors (Lipinski definition) is 0. The first-order chi connectivity index (χ1) is 11.5. The van der Waals surface area contributed by atoms with Gasteiger partial charge in [-0.15, -0.1) is 0 Å². The first-order valence-corrected chi connectivity index (χ1v) is 8.69. The molecule has 9 nitrogen and oxygen atoms in total. The quantitative estimate of drug-likeness (QED) is 0.388. The van der Waals surface area contributed by atoms with Crippen LogP contribution in [0.15, 0.2) is 0 Å². The fourth-order valence-electron chi connectivity index (χ4n) is 2.02. The van der Waals surface area contributed by atoms with Crippen molar-refractivity contribution in [1.82, 2.24) is 9.80 Å². The molecule has 2 atom stereocenters. The lowest BCUT2D eigenvalue weighted by Crippen LogP contribution is -2.50. The number of hydrogen-bond acceptors (Lipinski definition) is 7. The maximum absolute atomic E-state index is 12.4. The number of alkyl halides is 3. The zero-order valence-electron chi connectivity index (χ0n) is 14.7. The van der Waals surface area contributed by atoms with Crippen molar-refractivity contribution in [3.63, 3.8) is 0 Å². The van der Waals surface area contributed by atoms with Gasteiger partial charge in [0.1, 0.15) is 5.60 Å². The van der Waals surface area contributed by atoms with Crippen LogP contribution < -0.4 is 0 Å². The highest BCUT2D eigenvalue weighted by atomic mass is 32.2. The standard InChI is InChI=1S/C13H19F3N2O7S/c1-7(25-26(22,23)13(14,15)16)9(19)18-8(6-17(5)11(18)21)10(20)24-12(2,3)4/h7-8H,6H2,1-5H3/t7-,8+/m1/s1. The van der Waals surface area contributed by atoms with Crippen molar-refractivity contribution in [2.24, 2.45) is 0 Å². The van der Waals surface area contributed by atoms with Gasteiger partial charge in [-0.05, 0) is 27.7 Å². The first-order valence-electron chi connectivity index (χ1n) is 7.28. The third kappa shape index (κ3) is 4.84. The van der Waals surface area contributed by atoms with Crippen LogP contribution in [0.5, 0.6) is 0 Å². The van der Waals surface area contributed by atoms with E-state index in [1.807, 2.05) is 0 Å².